The van der Waals surface area contributed by atoms with Crippen LogP contribution in [-0.4, -0.2) is 27.5 Å². The molecule has 1 N–H and O–H groups in total. The largest absolute Gasteiger partial charge is 0.481 e. The summed E-state index contributed by atoms with van der Waals surface area (Å²) in [4.78, 5) is 10.3. The summed E-state index contributed by atoms with van der Waals surface area (Å²) in [7, 11) is 1.92. The average Bonchev–Trinajstić information content (AvgIpc) is 3.04. The van der Waals surface area contributed by atoms with E-state index in [0.717, 1.165) is 11.4 Å². The Bertz CT molecular complexity index is 396. The average molecular weight is 238 g/mol. The molecule has 0 spiro atoms. The molecule has 0 radical (unpaired) electrons. The molecule has 0 unspecified atom stereocenters. The highest BCUT2D eigenvalue weighted by molar-refractivity contribution is 5.66. The van der Waals surface area contributed by atoms with Gasteiger partial charge in [0.05, 0.1) is 18.0 Å². The molecule has 0 aliphatic heterocycles. The van der Waals surface area contributed by atoms with E-state index in [1.807, 2.05) is 11.7 Å². The lowest BCUT2D eigenvalue weighted by molar-refractivity contribution is -0.137. The number of aromatic nitrogens is 2. The van der Waals surface area contributed by atoms with Gasteiger partial charge in [0, 0.05) is 26.0 Å². The van der Waals surface area contributed by atoms with Crippen LogP contribution < -0.4 is 0 Å². The van der Waals surface area contributed by atoms with Gasteiger partial charge in [0.1, 0.15) is 0 Å². The first-order valence-corrected chi connectivity index (χ1v) is 5.99. The summed E-state index contributed by atoms with van der Waals surface area (Å²) in [5, 5.41) is 12.9. The molecule has 1 saturated carbocycles. The number of carboxylic acid groups (broad SMARTS) is 1. The number of carboxylic acids is 1. The third-order valence-corrected chi connectivity index (χ3v) is 2.92. The fourth-order valence-corrected chi connectivity index (χ4v) is 1.75. The lowest BCUT2D eigenvalue weighted by Crippen LogP contribution is -2.03. The van der Waals surface area contributed by atoms with Crippen molar-refractivity contribution in [3.05, 3.63) is 17.5 Å². The van der Waals surface area contributed by atoms with Crippen LogP contribution in [0.4, 0.5) is 0 Å². The second-order valence-electron chi connectivity index (χ2n) is 4.51. The molecule has 0 bridgehead atoms. The van der Waals surface area contributed by atoms with Gasteiger partial charge in [-0.2, -0.15) is 5.10 Å². The smallest absolute Gasteiger partial charge is 0.303 e. The summed E-state index contributed by atoms with van der Waals surface area (Å²) < 4.78 is 7.29. The van der Waals surface area contributed by atoms with Gasteiger partial charge in [-0.15, -0.1) is 0 Å². The first-order valence-electron chi connectivity index (χ1n) is 5.99. The lowest BCUT2D eigenvalue weighted by Gasteiger charge is -2.03. The molecule has 1 aliphatic rings. The molecule has 0 saturated heterocycles. The van der Waals surface area contributed by atoms with Crippen LogP contribution in [0, 0.1) is 0 Å². The highest BCUT2D eigenvalue weighted by Gasteiger charge is 2.26. The zero-order valence-corrected chi connectivity index (χ0v) is 10.1. The van der Waals surface area contributed by atoms with Crippen molar-refractivity contribution in [3.63, 3.8) is 0 Å². The van der Waals surface area contributed by atoms with Gasteiger partial charge in [-0.05, 0) is 25.3 Å². The van der Waals surface area contributed by atoms with Gasteiger partial charge >= 0.3 is 5.97 Å². The molecule has 5 heteroatoms. The molecule has 1 heterocycles. The van der Waals surface area contributed by atoms with Crippen LogP contribution in [0.15, 0.2) is 6.07 Å². The Kier molecular flexibility index (Phi) is 3.78. The Morgan fingerprint density at radius 3 is 3.06 bits per heavy atom. The Morgan fingerprint density at radius 1 is 1.65 bits per heavy atom. The van der Waals surface area contributed by atoms with Crippen molar-refractivity contribution < 1.29 is 14.6 Å². The van der Waals surface area contributed by atoms with Gasteiger partial charge in [-0.1, -0.05) is 0 Å². The number of aryl methyl sites for hydroxylation is 1. The summed E-state index contributed by atoms with van der Waals surface area (Å²) in [6, 6.07) is 2.09. The predicted octanol–water partition coefficient (Wildman–Crippen LogP) is 1.68. The highest BCUT2D eigenvalue weighted by atomic mass is 16.5. The maximum Gasteiger partial charge on any atom is 0.303 e. The van der Waals surface area contributed by atoms with Crippen LogP contribution in [0.3, 0.4) is 0 Å². The molecule has 0 atom stereocenters. The molecule has 1 aromatic heterocycles. The summed E-state index contributed by atoms with van der Waals surface area (Å²) in [6.07, 6.45) is 3.22. The molecular weight excluding hydrogens is 220 g/mol. The van der Waals surface area contributed by atoms with E-state index in [4.69, 9.17) is 9.84 Å². The third kappa shape index (κ3) is 3.56. The third-order valence-electron chi connectivity index (χ3n) is 2.92. The summed E-state index contributed by atoms with van der Waals surface area (Å²) in [5.41, 5.74) is 2.22. The molecule has 0 aromatic carbocycles. The Labute approximate surface area is 100 Å². The Balaban J connectivity index is 1.72. The van der Waals surface area contributed by atoms with Crippen molar-refractivity contribution in [3.8, 4) is 0 Å². The van der Waals surface area contributed by atoms with Gasteiger partial charge in [-0.25, -0.2) is 0 Å². The molecular formula is C12H18N2O3. The second-order valence-corrected chi connectivity index (χ2v) is 4.51. The predicted molar refractivity (Wildman–Crippen MR) is 61.7 cm³/mol. The standard InChI is InChI=1S/C12H18N2O3/c1-14-10(7-11(13-14)9-4-5-9)8-17-6-2-3-12(15)16/h7,9H,2-6,8H2,1H3,(H,15,16). The number of rotatable bonds is 7. The van der Waals surface area contributed by atoms with E-state index >= 15 is 0 Å². The minimum Gasteiger partial charge on any atom is -0.481 e. The number of carbonyl (C=O) groups is 1. The van der Waals surface area contributed by atoms with E-state index in [9.17, 15) is 4.79 Å². The SMILES string of the molecule is Cn1nc(C2CC2)cc1COCCCC(=O)O. The fraction of sp³-hybridized carbons (Fsp3) is 0.667. The summed E-state index contributed by atoms with van der Waals surface area (Å²) >= 11 is 0. The molecule has 1 aromatic rings. The van der Waals surface area contributed by atoms with Crippen LogP contribution in [0.5, 0.6) is 0 Å². The first-order chi connectivity index (χ1) is 8.16. The van der Waals surface area contributed by atoms with Gasteiger partial charge in [0.25, 0.3) is 0 Å². The monoisotopic (exact) mass is 238 g/mol. The molecule has 1 fully saturated rings. The summed E-state index contributed by atoms with van der Waals surface area (Å²) in [5.74, 6) is -0.118. The quantitative estimate of drug-likeness (QED) is 0.734. The van der Waals surface area contributed by atoms with Gasteiger partial charge < -0.3 is 9.84 Å². The van der Waals surface area contributed by atoms with Crippen molar-refractivity contribution in [2.45, 2.75) is 38.2 Å². The van der Waals surface area contributed by atoms with Crippen molar-refractivity contribution in [1.82, 2.24) is 9.78 Å². The maximum absolute atomic E-state index is 10.3. The van der Waals surface area contributed by atoms with E-state index in [0.29, 0.717) is 25.6 Å². The van der Waals surface area contributed by atoms with Crippen LogP contribution in [0.25, 0.3) is 0 Å². The Morgan fingerprint density at radius 2 is 2.41 bits per heavy atom. The molecule has 5 nitrogen and oxygen atoms in total. The van der Waals surface area contributed by atoms with Gasteiger partial charge in [0.15, 0.2) is 0 Å². The Hall–Kier alpha value is -1.36. The second kappa shape index (κ2) is 5.31. The van der Waals surface area contributed by atoms with Crippen molar-refractivity contribution in [1.29, 1.82) is 0 Å². The molecule has 94 valence electrons. The lowest BCUT2D eigenvalue weighted by atomic mass is 10.3. The number of aliphatic carboxylic acids is 1. The van der Waals surface area contributed by atoms with Crippen molar-refractivity contribution in [2.24, 2.45) is 7.05 Å². The molecule has 0 amide bonds. The zero-order chi connectivity index (χ0) is 12.3. The minimum atomic E-state index is -0.773. The topological polar surface area (TPSA) is 64.4 Å². The van der Waals surface area contributed by atoms with Gasteiger partial charge in [0.2, 0.25) is 0 Å². The zero-order valence-electron chi connectivity index (χ0n) is 10.1. The van der Waals surface area contributed by atoms with Crippen LogP contribution in [0.2, 0.25) is 0 Å². The van der Waals surface area contributed by atoms with E-state index in [2.05, 4.69) is 11.2 Å². The van der Waals surface area contributed by atoms with E-state index in [1.165, 1.54) is 12.8 Å². The van der Waals surface area contributed by atoms with Crippen LogP contribution >= 0.6 is 0 Å². The number of ether oxygens (including phenoxy) is 1. The normalized spacial score (nSPS) is 15.1. The molecule has 17 heavy (non-hydrogen) atoms. The van der Waals surface area contributed by atoms with Crippen LogP contribution in [-0.2, 0) is 23.2 Å². The van der Waals surface area contributed by atoms with E-state index in [1.54, 1.807) is 0 Å². The minimum absolute atomic E-state index is 0.165. The summed E-state index contributed by atoms with van der Waals surface area (Å²) in [6.45, 7) is 0.992. The van der Waals surface area contributed by atoms with Crippen molar-refractivity contribution >= 4 is 5.97 Å². The van der Waals surface area contributed by atoms with Gasteiger partial charge in [-0.3, -0.25) is 9.48 Å². The van der Waals surface area contributed by atoms with E-state index in [-0.39, 0.29) is 6.42 Å². The first kappa shape index (κ1) is 12.1. The number of nitrogens with zero attached hydrogens (tertiary/aromatic N) is 2. The highest BCUT2D eigenvalue weighted by Crippen LogP contribution is 2.39. The number of hydrogen-bond acceptors (Lipinski definition) is 3. The number of hydrogen-bond donors (Lipinski definition) is 1. The molecule has 1 aliphatic carbocycles. The maximum atomic E-state index is 10.3. The molecule has 2 rings (SSSR count). The fourth-order valence-electron chi connectivity index (χ4n) is 1.75. The van der Waals surface area contributed by atoms with Crippen molar-refractivity contribution in [2.75, 3.05) is 6.61 Å². The van der Waals surface area contributed by atoms with Crippen LogP contribution in [0.1, 0.15) is 43.0 Å². The van der Waals surface area contributed by atoms with E-state index < -0.39 is 5.97 Å².